The van der Waals surface area contributed by atoms with Crippen molar-refractivity contribution in [1.82, 2.24) is 5.43 Å². The molecule has 21 heavy (non-hydrogen) atoms. The molecule has 0 saturated heterocycles. The first kappa shape index (κ1) is 15.4. The quantitative estimate of drug-likeness (QED) is 0.676. The largest absolute Gasteiger partial charge is 0.482 e. The van der Waals surface area contributed by atoms with Crippen molar-refractivity contribution in [2.75, 3.05) is 6.61 Å². The third-order valence-electron chi connectivity index (χ3n) is 2.46. The van der Waals surface area contributed by atoms with Crippen molar-refractivity contribution >= 4 is 35.3 Å². The van der Waals surface area contributed by atoms with Crippen LogP contribution >= 0.6 is 23.2 Å². The van der Waals surface area contributed by atoms with Crippen LogP contribution in [-0.4, -0.2) is 18.7 Å². The number of benzene rings is 2. The first-order valence-corrected chi connectivity index (χ1v) is 6.85. The molecular weight excluding hydrogens is 311 g/mol. The van der Waals surface area contributed by atoms with Gasteiger partial charge in [-0.25, -0.2) is 5.43 Å². The summed E-state index contributed by atoms with van der Waals surface area (Å²) >= 11 is 11.7. The average Bonchev–Trinajstić information content (AvgIpc) is 2.47. The molecule has 1 N–H and O–H groups in total. The van der Waals surface area contributed by atoms with Crippen molar-refractivity contribution in [3.63, 3.8) is 0 Å². The summed E-state index contributed by atoms with van der Waals surface area (Å²) in [6.07, 6.45) is 1.55. The highest BCUT2D eigenvalue weighted by molar-refractivity contribution is 6.35. The minimum Gasteiger partial charge on any atom is -0.482 e. The van der Waals surface area contributed by atoms with E-state index in [1.54, 1.807) is 24.4 Å². The Hall–Kier alpha value is -2.04. The molecule has 0 radical (unpaired) electrons. The molecule has 0 heterocycles. The molecule has 1 amide bonds. The molecule has 0 fully saturated rings. The van der Waals surface area contributed by atoms with Gasteiger partial charge < -0.3 is 4.74 Å². The number of carbonyl (C=O) groups excluding carboxylic acids is 1. The lowest BCUT2D eigenvalue weighted by Crippen LogP contribution is -2.24. The fourth-order valence-corrected chi connectivity index (χ4v) is 1.95. The standard InChI is InChI=1S/C15H12Cl2N2O2/c16-12-6-7-14(13(17)8-12)21-10-15(20)19-18-9-11-4-2-1-3-5-11/h1-9H,10H2,(H,19,20)/b18-9-. The summed E-state index contributed by atoms with van der Waals surface area (Å²) in [5.41, 5.74) is 3.26. The smallest absolute Gasteiger partial charge is 0.277 e. The van der Waals surface area contributed by atoms with Crippen LogP contribution in [0.15, 0.2) is 53.6 Å². The normalized spacial score (nSPS) is 10.6. The van der Waals surface area contributed by atoms with E-state index < -0.39 is 0 Å². The zero-order valence-electron chi connectivity index (χ0n) is 10.9. The predicted molar refractivity (Wildman–Crippen MR) is 84.1 cm³/mol. The van der Waals surface area contributed by atoms with E-state index in [0.717, 1.165) is 5.56 Å². The van der Waals surface area contributed by atoms with Crippen LogP contribution in [0.3, 0.4) is 0 Å². The molecule has 0 atom stereocenters. The highest BCUT2D eigenvalue weighted by atomic mass is 35.5. The molecular formula is C15H12Cl2N2O2. The summed E-state index contributed by atoms with van der Waals surface area (Å²) in [4.78, 5) is 11.6. The van der Waals surface area contributed by atoms with E-state index in [2.05, 4.69) is 10.5 Å². The van der Waals surface area contributed by atoms with Crippen molar-refractivity contribution < 1.29 is 9.53 Å². The third-order valence-corrected chi connectivity index (χ3v) is 2.99. The Morgan fingerprint density at radius 1 is 1.19 bits per heavy atom. The number of hydrogen-bond acceptors (Lipinski definition) is 3. The zero-order chi connectivity index (χ0) is 15.1. The fraction of sp³-hybridized carbons (Fsp3) is 0.0667. The number of hydrogen-bond donors (Lipinski definition) is 1. The molecule has 0 spiro atoms. The van der Waals surface area contributed by atoms with Crippen LogP contribution < -0.4 is 10.2 Å². The van der Waals surface area contributed by atoms with Crippen molar-refractivity contribution in [2.45, 2.75) is 0 Å². The van der Waals surface area contributed by atoms with Crippen molar-refractivity contribution in [3.05, 3.63) is 64.1 Å². The van der Waals surface area contributed by atoms with E-state index in [1.807, 2.05) is 30.3 Å². The Bertz CT molecular complexity index is 645. The molecule has 0 bridgehead atoms. The van der Waals surface area contributed by atoms with E-state index in [1.165, 1.54) is 0 Å². The van der Waals surface area contributed by atoms with Gasteiger partial charge in [0.2, 0.25) is 0 Å². The molecule has 0 unspecified atom stereocenters. The summed E-state index contributed by atoms with van der Waals surface area (Å²) in [5.74, 6) is 0.0106. The van der Waals surface area contributed by atoms with E-state index in [0.29, 0.717) is 15.8 Å². The lowest BCUT2D eigenvalue weighted by Gasteiger charge is -2.06. The van der Waals surface area contributed by atoms with Gasteiger partial charge >= 0.3 is 0 Å². The fourth-order valence-electron chi connectivity index (χ4n) is 1.49. The SMILES string of the molecule is O=C(COc1ccc(Cl)cc1Cl)N/N=C\c1ccccc1. The van der Waals surface area contributed by atoms with Crippen LogP contribution in [0.4, 0.5) is 0 Å². The topological polar surface area (TPSA) is 50.7 Å². The molecule has 108 valence electrons. The van der Waals surface area contributed by atoms with Gasteiger partial charge in [0.1, 0.15) is 5.75 Å². The number of rotatable bonds is 5. The van der Waals surface area contributed by atoms with Crippen LogP contribution in [-0.2, 0) is 4.79 Å². The molecule has 0 aliphatic rings. The second kappa shape index (κ2) is 7.67. The molecule has 2 rings (SSSR count). The van der Waals surface area contributed by atoms with Gasteiger partial charge in [-0.15, -0.1) is 0 Å². The van der Waals surface area contributed by atoms with Crippen molar-refractivity contribution in [2.24, 2.45) is 5.10 Å². The lowest BCUT2D eigenvalue weighted by molar-refractivity contribution is -0.123. The van der Waals surface area contributed by atoms with Crippen molar-refractivity contribution in [1.29, 1.82) is 0 Å². The number of ether oxygens (including phenoxy) is 1. The molecule has 6 heteroatoms. The average molecular weight is 323 g/mol. The van der Waals surface area contributed by atoms with Gasteiger partial charge in [-0.3, -0.25) is 4.79 Å². The molecule has 2 aromatic carbocycles. The highest BCUT2D eigenvalue weighted by Gasteiger charge is 2.05. The molecule has 2 aromatic rings. The van der Waals surface area contributed by atoms with Crippen molar-refractivity contribution in [3.8, 4) is 5.75 Å². The number of amides is 1. The second-order valence-corrected chi connectivity index (χ2v) is 4.91. The van der Waals surface area contributed by atoms with Gasteiger partial charge in [0.05, 0.1) is 11.2 Å². The van der Waals surface area contributed by atoms with Gasteiger partial charge in [0.25, 0.3) is 5.91 Å². The number of hydrazone groups is 1. The first-order valence-electron chi connectivity index (χ1n) is 6.10. The summed E-state index contributed by atoms with van der Waals surface area (Å²) < 4.78 is 5.28. The second-order valence-electron chi connectivity index (χ2n) is 4.07. The van der Waals surface area contributed by atoms with Crippen LogP contribution in [0.2, 0.25) is 10.0 Å². The Kier molecular flexibility index (Phi) is 5.60. The highest BCUT2D eigenvalue weighted by Crippen LogP contribution is 2.27. The molecule has 4 nitrogen and oxygen atoms in total. The number of nitrogens with zero attached hydrogens (tertiary/aromatic N) is 1. The number of nitrogens with one attached hydrogen (secondary N) is 1. The maximum Gasteiger partial charge on any atom is 0.277 e. The minimum absolute atomic E-state index is 0.187. The number of halogens is 2. The van der Waals surface area contributed by atoms with Crippen LogP contribution in [0.25, 0.3) is 0 Å². The van der Waals surface area contributed by atoms with Gasteiger partial charge in [0, 0.05) is 5.02 Å². The third kappa shape index (κ3) is 5.10. The van der Waals surface area contributed by atoms with Gasteiger partial charge in [-0.1, -0.05) is 53.5 Å². The zero-order valence-corrected chi connectivity index (χ0v) is 12.4. The van der Waals surface area contributed by atoms with E-state index in [4.69, 9.17) is 27.9 Å². The minimum atomic E-state index is -0.381. The maximum absolute atomic E-state index is 11.6. The summed E-state index contributed by atoms with van der Waals surface area (Å²) in [6.45, 7) is -0.187. The maximum atomic E-state index is 11.6. The summed E-state index contributed by atoms with van der Waals surface area (Å²) in [7, 11) is 0. The summed E-state index contributed by atoms with van der Waals surface area (Å²) in [6, 6.07) is 14.2. The predicted octanol–water partition coefficient (Wildman–Crippen LogP) is 3.52. The molecule has 0 aliphatic heterocycles. The van der Waals surface area contributed by atoms with Crippen LogP contribution in [0.1, 0.15) is 5.56 Å². The summed E-state index contributed by atoms with van der Waals surface area (Å²) in [5, 5.41) is 4.69. The molecule has 0 aliphatic carbocycles. The molecule has 0 aromatic heterocycles. The first-order chi connectivity index (χ1) is 10.1. The van der Waals surface area contributed by atoms with E-state index in [-0.39, 0.29) is 12.5 Å². The monoisotopic (exact) mass is 322 g/mol. The Morgan fingerprint density at radius 3 is 2.67 bits per heavy atom. The van der Waals surface area contributed by atoms with Crippen LogP contribution in [0.5, 0.6) is 5.75 Å². The van der Waals surface area contributed by atoms with Gasteiger partial charge in [0.15, 0.2) is 6.61 Å². The Balaban J connectivity index is 1.81. The molecule has 0 saturated carbocycles. The van der Waals surface area contributed by atoms with Gasteiger partial charge in [-0.05, 0) is 23.8 Å². The van der Waals surface area contributed by atoms with Crippen LogP contribution in [0, 0.1) is 0 Å². The Morgan fingerprint density at radius 2 is 1.95 bits per heavy atom. The van der Waals surface area contributed by atoms with Gasteiger partial charge in [-0.2, -0.15) is 5.10 Å². The lowest BCUT2D eigenvalue weighted by atomic mass is 10.2. The number of carbonyl (C=O) groups is 1. The van der Waals surface area contributed by atoms with E-state index in [9.17, 15) is 4.79 Å². The Labute approximate surface area is 132 Å². The van der Waals surface area contributed by atoms with E-state index >= 15 is 0 Å².